The van der Waals surface area contributed by atoms with Crippen LogP contribution in [0.25, 0.3) is 0 Å². The maximum absolute atomic E-state index is 12.9. The molecule has 9 heteroatoms. The average molecular weight is 427 g/mol. The summed E-state index contributed by atoms with van der Waals surface area (Å²) in [6.45, 7) is 0. The molecule has 1 spiro atoms. The smallest absolute Gasteiger partial charge is 0.487 e. The highest BCUT2D eigenvalue weighted by Gasteiger charge is 2.44. The first-order valence-corrected chi connectivity index (χ1v) is 10.8. The Hall–Kier alpha value is -2.26. The molecule has 2 aliphatic rings. The summed E-state index contributed by atoms with van der Waals surface area (Å²) in [6, 6.07) is 11.0. The highest BCUT2D eigenvalue weighted by molar-refractivity contribution is 7.89. The number of fused-ring (bicyclic) bond motifs is 1. The van der Waals surface area contributed by atoms with E-state index in [1.54, 1.807) is 0 Å². The fourth-order valence-electron chi connectivity index (χ4n) is 4.12. The quantitative estimate of drug-likeness (QED) is 0.768. The second-order valence-corrected chi connectivity index (χ2v) is 9.14. The third-order valence-electron chi connectivity index (χ3n) is 5.38. The number of rotatable bonds is 4. The van der Waals surface area contributed by atoms with Gasteiger partial charge < -0.3 is 9.47 Å². The van der Waals surface area contributed by atoms with E-state index in [2.05, 4.69) is 9.46 Å². The highest BCUT2D eigenvalue weighted by Crippen LogP contribution is 2.47. The van der Waals surface area contributed by atoms with Crippen LogP contribution in [0.4, 0.5) is 13.2 Å². The second-order valence-electron chi connectivity index (χ2n) is 7.43. The number of para-hydroxylation sites is 1. The van der Waals surface area contributed by atoms with Crippen LogP contribution in [-0.4, -0.2) is 20.4 Å². The van der Waals surface area contributed by atoms with Crippen LogP contribution in [0.5, 0.6) is 11.5 Å². The summed E-state index contributed by atoms with van der Waals surface area (Å²) in [5, 5.41) is 0. The second kappa shape index (κ2) is 7.21. The van der Waals surface area contributed by atoms with E-state index < -0.39 is 28.2 Å². The molecule has 2 aromatic carbocycles. The Kier molecular flexibility index (Phi) is 4.98. The molecule has 1 aliphatic carbocycles. The average Bonchev–Trinajstić information content (AvgIpc) is 3.08. The molecule has 0 amide bonds. The Labute approximate surface area is 166 Å². The predicted molar refractivity (Wildman–Crippen MR) is 99.1 cm³/mol. The molecular weight excluding hydrogens is 407 g/mol. The summed E-state index contributed by atoms with van der Waals surface area (Å²) in [5.41, 5.74) is 0.372. The summed E-state index contributed by atoms with van der Waals surface area (Å²) in [7, 11) is -3.95. The lowest BCUT2D eigenvalue weighted by Crippen LogP contribution is -2.43. The zero-order chi connectivity index (χ0) is 20.7. The molecule has 1 N–H and O–H groups in total. The van der Waals surface area contributed by atoms with E-state index in [9.17, 15) is 21.6 Å². The van der Waals surface area contributed by atoms with Gasteiger partial charge in [-0.1, -0.05) is 18.2 Å². The number of sulfonamides is 1. The van der Waals surface area contributed by atoms with E-state index in [-0.39, 0.29) is 10.5 Å². The van der Waals surface area contributed by atoms with Crippen LogP contribution in [0, 0.1) is 0 Å². The normalized spacial score (nSPS) is 20.9. The van der Waals surface area contributed by atoms with Crippen molar-refractivity contribution in [1.82, 2.24) is 4.72 Å². The lowest BCUT2D eigenvalue weighted by molar-refractivity contribution is -0.274. The standard InChI is InChI=1S/C20H20F3NO4S/c21-20(22,23)27-14-7-9-15(10-8-14)29(25,26)24-17-13-19(11-3-4-12-19)28-18-6-2-1-5-16(17)18/h1-2,5-10,17,24H,3-4,11-13H2/t17-/m1/s1. The van der Waals surface area contributed by atoms with Crippen molar-refractivity contribution in [3.05, 3.63) is 54.1 Å². The zero-order valence-corrected chi connectivity index (χ0v) is 16.2. The molecule has 29 heavy (non-hydrogen) atoms. The fraction of sp³-hybridized carbons (Fsp3) is 0.400. The van der Waals surface area contributed by atoms with Crippen molar-refractivity contribution in [2.45, 2.75) is 55.0 Å². The van der Waals surface area contributed by atoms with Gasteiger partial charge in [-0.05, 0) is 56.0 Å². The highest BCUT2D eigenvalue weighted by atomic mass is 32.2. The number of hydrogen-bond acceptors (Lipinski definition) is 4. The Morgan fingerprint density at radius 2 is 1.69 bits per heavy atom. The fourth-order valence-corrected chi connectivity index (χ4v) is 5.34. The van der Waals surface area contributed by atoms with Gasteiger partial charge in [-0.25, -0.2) is 13.1 Å². The summed E-state index contributed by atoms with van der Waals surface area (Å²) >= 11 is 0. The SMILES string of the molecule is O=S(=O)(N[C@@H]1CC2(CCCC2)Oc2ccccc21)c1ccc(OC(F)(F)F)cc1. The summed E-state index contributed by atoms with van der Waals surface area (Å²) < 4.78 is 75.5. The maximum Gasteiger partial charge on any atom is 0.573 e. The third kappa shape index (κ3) is 4.35. The minimum Gasteiger partial charge on any atom is -0.487 e. The first-order chi connectivity index (χ1) is 13.7. The summed E-state index contributed by atoms with van der Waals surface area (Å²) in [4.78, 5) is -0.128. The number of benzene rings is 2. The molecule has 1 saturated carbocycles. The van der Waals surface area contributed by atoms with Crippen LogP contribution in [-0.2, 0) is 10.0 Å². The molecule has 156 valence electrons. The zero-order valence-electron chi connectivity index (χ0n) is 15.4. The number of halogens is 3. The molecule has 1 aliphatic heterocycles. The first-order valence-electron chi connectivity index (χ1n) is 9.32. The van der Waals surface area contributed by atoms with Crippen molar-refractivity contribution in [3.63, 3.8) is 0 Å². The number of hydrogen-bond donors (Lipinski definition) is 1. The van der Waals surface area contributed by atoms with Gasteiger partial charge in [0.25, 0.3) is 0 Å². The minimum atomic E-state index is -4.83. The molecule has 1 fully saturated rings. The van der Waals surface area contributed by atoms with E-state index in [1.165, 1.54) is 0 Å². The number of ether oxygens (including phenoxy) is 2. The van der Waals surface area contributed by atoms with Crippen molar-refractivity contribution in [2.75, 3.05) is 0 Å². The van der Waals surface area contributed by atoms with Crippen LogP contribution in [0.3, 0.4) is 0 Å². The molecule has 0 unspecified atom stereocenters. The van der Waals surface area contributed by atoms with E-state index in [0.717, 1.165) is 55.5 Å². The predicted octanol–water partition coefficient (Wildman–Crippen LogP) is 4.70. The maximum atomic E-state index is 12.9. The van der Waals surface area contributed by atoms with E-state index >= 15 is 0 Å². The van der Waals surface area contributed by atoms with Gasteiger partial charge >= 0.3 is 6.36 Å². The van der Waals surface area contributed by atoms with Crippen LogP contribution in [0.1, 0.15) is 43.7 Å². The summed E-state index contributed by atoms with van der Waals surface area (Å²) in [6.07, 6.45) is -0.532. The van der Waals surface area contributed by atoms with Gasteiger partial charge in [0.1, 0.15) is 17.1 Å². The topological polar surface area (TPSA) is 64.6 Å². The molecule has 2 aromatic rings. The lowest BCUT2D eigenvalue weighted by atomic mass is 9.86. The monoisotopic (exact) mass is 427 g/mol. The minimum absolute atomic E-state index is 0.128. The third-order valence-corrected chi connectivity index (χ3v) is 6.86. The first kappa shape index (κ1) is 20.0. The van der Waals surface area contributed by atoms with Gasteiger partial charge in [-0.3, -0.25) is 0 Å². The van der Waals surface area contributed by atoms with Crippen molar-refractivity contribution in [3.8, 4) is 11.5 Å². The van der Waals surface area contributed by atoms with Gasteiger partial charge in [-0.15, -0.1) is 13.2 Å². The lowest BCUT2D eigenvalue weighted by Gasteiger charge is -2.40. The Morgan fingerprint density at radius 1 is 1.03 bits per heavy atom. The van der Waals surface area contributed by atoms with E-state index in [0.29, 0.717) is 12.2 Å². The Bertz CT molecular complexity index is 984. The number of alkyl halides is 3. The van der Waals surface area contributed by atoms with E-state index in [4.69, 9.17) is 4.74 Å². The molecule has 0 saturated heterocycles. The molecule has 1 heterocycles. The molecule has 0 radical (unpaired) electrons. The van der Waals surface area contributed by atoms with Crippen molar-refractivity contribution < 1.29 is 31.1 Å². The van der Waals surface area contributed by atoms with Gasteiger partial charge in [0.15, 0.2) is 0 Å². The van der Waals surface area contributed by atoms with Crippen molar-refractivity contribution >= 4 is 10.0 Å². The van der Waals surface area contributed by atoms with Crippen LogP contribution in [0.2, 0.25) is 0 Å². The van der Waals surface area contributed by atoms with Gasteiger partial charge in [0.05, 0.1) is 10.9 Å². The molecular formula is C20H20F3NO4S. The molecule has 1 atom stereocenters. The van der Waals surface area contributed by atoms with Gasteiger partial charge in [0.2, 0.25) is 10.0 Å². The molecule has 4 rings (SSSR count). The Balaban J connectivity index is 1.58. The van der Waals surface area contributed by atoms with E-state index in [1.807, 2.05) is 24.3 Å². The summed E-state index contributed by atoms with van der Waals surface area (Å²) in [5.74, 6) is 0.194. The van der Waals surface area contributed by atoms with Crippen LogP contribution >= 0.6 is 0 Å². The van der Waals surface area contributed by atoms with Crippen LogP contribution < -0.4 is 14.2 Å². The van der Waals surface area contributed by atoms with Crippen LogP contribution in [0.15, 0.2) is 53.4 Å². The molecule has 5 nitrogen and oxygen atoms in total. The molecule has 0 aromatic heterocycles. The van der Waals surface area contributed by atoms with Gasteiger partial charge in [-0.2, -0.15) is 0 Å². The van der Waals surface area contributed by atoms with Gasteiger partial charge in [0, 0.05) is 12.0 Å². The largest absolute Gasteiger partial charge is 0.573 e. The number of nitrogens with one attached hydrogen (secondary N) is 1. The van der Waals surface area contributed by atoms with Crippen molar-refractivity contribution in [2.24, 2.45) is 0 Å². The van der Waals surface area contributed by atoms with Crippen molar-refractivity contribution in [1.29, 1.82) is 0 Å². The Morgan fingerprint density at radius 3 is 2.34 bits per heavy atom. The molecule has 0 bridgehead atoms.